The van der Waals surface area contributed by atoms with Crippen molar-refractivity contribution in [3.05, 3.63) is 40.9 Å². The monoisotopic (exact) mass is 320 g/mol. The van der Waals surface area contributed by atoms with Gasteiger partial charge in [0.05, 0.1) is 5.92 Å². The second-order valence-electron chi connectivity index (χ2n) is 6.52. The Morgan fingerprint density at radius 1 is 1.18 bits per heavy atom. The van der Waals surface area contributed by atoms with E-state index >= 15 is 0 Å². The van der Waals surface area contributed by atoms with Gasteiger partial charge in [-0.2, -0.15) is 0 Å². The van der Waals surface area contributed by atoms with Gasteiger partial charge >= 0.3 is 6.03 Å². The average Bonchev–Trinajstić information content (AvgIpc) is 2.92. The Labute approximate surface area is 135 Å². The van der Waals surface area contributed by atoms with Crippen molar-refractivity contribution in [1.29, 1.82) is 0 Å². The van der Waals surface area contributed by atoms with E-state index in [2.05, 4.69) is 16.7 Å². The molecule has 1 aliphatic carbocycles. The highest BCUT2D eigenvalue weighted by Crippen LogP contribution is 2.59. The zero-order valence-electron chi connectivity index (χ0n) is 13.2. The molecule has 1 aromatic carbocycles. The van der Waals surface area contributed by atoms with E-state index in [-0.39, 0.29) is 23.2 Å². The van der Waals surface area contributed by atoms with Gasteiger partial charge in [0, 0.05) is 10.7 Å². The van der Waals surface area contributed by atoms with Crippen molar-refractivity contribution >= 4 is 29.2 Å². The molecule has 0 aliphatic heterocycles. The zero-order valence-corrected chi connectivity index (χ0v) is 14.0. The fourth-order valence-corrected chi connectivity index (χ4v) is 2.86. The summed E-state index contributed by atoms with van der Waals surface area (Å²) in [6.07, 6.45) is 2.10. The van der Waals surface area contributed by atoms with Crippen molar-refractivity contribution in [3.63, 3.8) is 0 Å². The number of carbonyl (C=O) groups excluding carboxylic acids is 2. The number of nitrogens with one attached hydrogen (secondary N) is 2. The largest absolute Gasteiger partial charge is 0.325 e. The number of hydrogen-bond acceptors (Lipinski definition) is 2. The summed E-state index contributed by atoms with van der Waals surface area (Å²) in [5.41, 5.74) is 1.66. The Morgan fingerprint density at radius 2 is 1.77 bits per heavy atom. The summed E-state index contributed by atoms with van der Waals surface area (Å²) < 4.78 is 0. The Bertz CT molecular complexity index is 616. The number of rotatable bonds is 3. The first kappa shape index (κ1) is 16.6. The molecule has 2 unspecified atom stereocenters. The average molecular weight is 321 g/mol. The van der Waals surface area contributed by atoms with Crippen LogP contribution in [0.5, 0.6) is 0 Å². The third-order valence-electron chi connectivity index (χ3n) is 4.04. The van der Waals surface area contributed by atoms with Gasteiger partial charge in [0.25, 0.3) is 0 Å². The Morgan fingerprint density at radius 3 is 2.32 bits per heavy atom. The van der Waals surface area contributed by atoms with Crippen LogP contribution in [0.15, 0.2) is 35.9 Å². The second-order valence-corrected chi connectivity index (χ2v) is 6.96. The number of allylic oxidation sites excluding steroid dienone is 2. The highest BCUT2D eigenvalue weighted by atomic mass is 35.5. The van der Waals surface area contributed by atoms with Crippen LogP contribution in [0, 0.1) is 17.3 Å². The minimum Gasteiger partial charge on any atom is -0.308 e. The fourth-order valence-electron chi connectivity index (χ4n) is 2.73. The maximum absolute atomic E-state index is 12.2. The molecule has 2 N–H and O–H groups in total. The van der Waals surface area contributed by atoms with E-state index in [0.717, 1.165) is 0 Å². The van der Waals surface area contributed by atoms with Crippen molar-refractivity contribution in [2.24, 2.45) is 17.3 Å². The van der Waals surface area contributed by atoms with Crippen LogP contribution in [0.2, 0.25) is 5.02 Å². The fraction of sp³-hybridized carbons (Fsp3) is 0.412. The summed E-state index contributed by atoms with van der Waals surface area (Å²) in [4.78, 5) is 24.1. The number of urea groups is 1. The first-order valence-corrected chi connectivity index (χ1v) is 7.62. The van der Waals surface area contributed by atoms with Crippen LogP contribution in [0.3, 0.4) is 0 Å². The third kappa shape index (κ3) is 3.69. The van der Waals surface area contributed by atoms with Crippen LogP contribution in [-0.2, 0) is 4.79 Å². The Balaban J connectivity index is 1.93. The summed E-state index contributed by atoms with van der Waals surface area (Å²) >= 11 is 5.78. The van der Waals surface area contributed by atoms with E-state index in [1.54, 1.807) is 24.3 Å². The van der Waals surface area contributed by atoms with Gasteiger partial charge in [-0.15, -0.1) is 0 Å². The summed E-state index contributed by atoms with van der Waals surface area (Å²) in [5, 5.41) is 5.62. The van der Waals surface area contributed by atoms with Crippen molar-refractivity contribution in [2.45, 2.75) is 27.7 Å². The van der Waals surface area contributed by atoms with E-state index in [9.17, 15) is 9.59 Å². The Hall–Kier alpha value is -1.81. The number of benzene rings is 1. The van der Waals surface area contributed by atoms with E-state index < -0.39 is 6.03 Å². The molecule has 3 amide bonds. The summed E-state index contributed by atoms with van der Waals surface area (Å²) in [6, 6.07) is 6.19. The van der Waals surface area contributed by atoms with Crippen LogP contribution in [0.25, 0.3) is 0 Å². The van der Waals surface area contributed by atoms with Gasteiger partial charge in [0.1, 0.15) is 0 Å². The molecular weight excluding hydrogens is 300 g/mol. The van der Waals surface area contributed by atoms with Gasteiger partial charge < -0.3 is 5.32 Å². The number of amides is 3. The first-order chi connectivity index (χ1) is 10.2. The number of imide groups is 1. The molecule has 5 heteroatoms. The highest BCUT2D eigenvalue weighted by molar-refractivity contribution is 6.30. The van der Waals surface area contributed by atoms with Gasteiger partial charge in [-0.1, -0.05) is 37.1 Å². The van der Waals surface area contributed by atoms with Crippen molar-refractivity contribution in [3.8, 4) is 0 Å². The lowest BCUT2D eigenvalue weighted by Gasteiger charge is -2.07. The maximum Gasteiger partial charge on any atom is 0.325 e. The Kier molecular flexibility index (Phi) is 4.61. The van der Waals surface area contributed by atoms with E-state index in [1.165, 1.54) is 5.57 Å². The van der Waals surface area contributed by atoms with Gasteiger partial charge in [0.15, 0.2) is 0 Å². The lowest BCUT2D eigenvalue weighted by atomic mass is 10.1. The quantitative estimate of drug-likeness (QED) is 0.819. The SMILES string of the molecule is CC(C)=CC1C(C(=O)NC(=O)Nc2ccc(Cl)cc2)C1(C)C. The molecule has 4 nitrogen and oxygen atoms in total. The topological polar surface area (TPSA) is 58.2 Å². The molecule has 1 aliphatic rings. The molecule has 0 radical (unpaired) electrons. The molecule has 118 valence electrons. The lowest BCUT2D eigenvalue weighted by Crippen LogP contribution is -2.36. The molecule has 1 saturated carbocycles. The molecular formula is C17H21ClN2O2. The molecule has 2 atom stereocenters. The van der Waals surface area contributed by atoms with Crippen molar-refractivity contribution < 1.29 is 9.59 Å². The zero-order chi connectivity index (χ0) is 16.5. The molecule has 0 heterocycles. The minimum absolute atomic E-state index is 0.109. The first-order valence-electron chi connectivity index (χ1n) is 7.24. The third-order valence-corrected chi connectivity index (χ3v) is 4.30. The number of carbonyl (C=O) groups is 2. The van der Waals surface area contributed by atoms with Crippen LogP contribution >= 0.6 is 11.6 Å². The van der Waals surface area contributed by atoms with E-state index in [4.69, 9.17) is 11.6 Å². The lowest BCUT2D eigenvalue weighted by molar-refractivity contribution is -0.121. The maximum atomic E-state index is 12.2. The van der Waals surface area contributed by atoms with Crippen LogP contribution < -0.4 is 10.6 Å². The predicted molar refractivity (Wildman–Crippen MR) is 88.8 cm³/mol. The predicted octanol–water partition coefficient (Wildman–Crippen LogP) is 4.23. The van der Waals surface area contributed by atoms with Crippen molar-refractivity contribution in [1.82, 2.24) is 5.32 Å². The number of anilines is 1. The molecule has 1 fully saturated rings. The number of halogens is 1. The summed E-state index contributed by atoms with van der Waals surface area (Å²) in [7, 11) is 0. The number of hydrogen-bond donors (Lipinski definition) is 2. The molecule has 2 rings (SSSR count). The van der Waals surface area contributed by atoms with E-state index in [1.807, 2.05) is 27.7 Å². The van der Waals surface area contributed by atoms with Gasteiger partial charge in [0.2, 0.25) is 5.91 Å². The standard InChI is InChI=1S/C17H21ClN2O2/c1-10(2)9-13-14(17(13,3)4)15(21)20-16(22)19-12-7-5-11(18)6-8-12/h5-9,13-14H,1-4H3,(H2,19,20,21,22). The molecule has 22 heavy (non-hydrogen) atoms. The van der Waals surface area contributed by atoms with Gasteiger partial charge in [-0.05, 0) is 49.4 Å². The van der Waals surface area contributed by atoms with E-state index in [0.29, 0.717) is 10.7 Å². The van der Waals surface area contributed by atoms with Crippen molar-refractivity contribution in [2.75, 3.05) is 5.32 Å². The summed E-state index contributed by atoms with van der Waals surface area (Å²) in [5.74, 6) is -0.224. The molecule has 0 saturated heterocycles. The molecule has 0 spiro atoms. The second kappa shape index (κ2) is 6.13. The van der Waals surface area contributed by atoms with Crippen LogP contribution in [0.4, 0.5) is 10.5 Å². The molecule has 1 aromatic rings. The van der Waals surface area contributed by atoms with Gasteiger partial charge in [-0.25, -0.2) is 4.79 Å². The smallest absolute Gasteiger partial charge is 0.308 e. The molecule has 0 bridgehead atoms. The minimum atomic E-state index is -0.522. The summed E-state index contributed by atoms with van der Waals surface area (Å²) in [6.45, 7) is 8.10. The van der Waals surface area contributed by atoms with Crippen LogP contribution in [0.1, 0.15) is 27.7 Å². The normalized spacial score (nSPS) is 21.7. The molecule has 0 aromatic heterocycles. The van der Waals surface area contributed by atoms with Crippen LogP contribution in [-0.4, -0.2) is 11.9 Å². The van der Waals surface area contributed by atoms with Gasteiger partial charge in [-0.3, -0.25) is 10.1 Å². The highest BCUT2D eigenvalue weighted by Gasteiger charge is 2.60.